The number of methoxy groups -OCH3 is 2. The molecule has 39 heavy (non-hydrogen) atoms. The number of ether oxygens (including phenoxy) is 3. The molecule has 200 valence electrons. The van der Waals surface area contributed by atoms with Crippen molar-refractivity contribution in [1.82, 2.24) is 9.88 Å². The summed E-state index contributed by atoms with van der Waals surface area (Å²) in [7, 11) is 3.19. The van der Waals surface area contributed by atoms with Crippen molar-refractivity contribution < 1.29 is 23.7 Å². The number of carbonyl (C=O) groups is 1. The smallest absolute Gasteiger partial charge is 0.272 e. The van der Waals surface area contributed by atoms with Crippen molar-refractivity contribution in [2.45, 2.75) is 6.61 Å². The molecule has 0 saturated carbocycles. The Morgan fingerprint density at radius 2 is 1.62 bits per heavy atom. The standard InChI is InChI=1S/C30H30N4O5/c1-37-28-11-6-23(20-29(28)38-2)26-4-3-5-27(31-26)30(35)33-18-16-32(17-19-33)24-7-9-25(10-8-24)39-21-22-12-14-34(36)15-13-22/h3-15,20H,16-19,21H2,1-2H3. The fourth-order valence-electron chi connectivity index (χ4n) is 4.50. The molecule has 1 saturated heterocycles. The lowest BCUT2D eigenvalue weighted by Crippen LogP contribution is -2.49. The van der Waals surface area contributed by atoms with Crippen LogP contribution in [0.15, 0.2) is 85.2 Å². The highest BCUT2D eigenvalue weighted by atomic mass is 16.5. The second kappa shape index (κ2) is 11.7. The Kier molecular flexibility index (Phi) is 7.77. The van der Waals surface area contributed by atoms with E-state index in [1.807, 2.05) is 59.5 Å². The molecule has 1 amide bonds. The maximum Gasteiger partial charge on any atom is 0.272 e. The first-order chi connectivity index (χ1) is 19.0. The number of amides is 1. The minimum absolute atomic E-state index is 0.0795. The molecule has 0 radical (unpaired) electrons. The van der Waals surface area contributed by atoms with E-state index in [-0.39, 0.29) is 5.91 Å². The van der Waals surface area contributed by atoms with Crippen molar-refractivity contribution in [2.75, 3.05) is 45.3 Å². The van der Waals surface area contributed by atoms with Gasteiger partial charge >= 0.3 is 0 Å². The van der Waals surface area contributed by atoms with Crippen LogP contribution >= 0.6 is 0 Å². The van der Waals surface area contributed by atoms with E-state index in [1.54, 1.807) is 32.4 Å². The van der Waals surface area contributed by atoms with Crippen molar-refractivity contribution in [3.8, 4) is 28.5 Å². The summed E-state index contributed by atoms with van der Waals surface area (Å²) in [4.78, 5) is 22.0. The van der Waals surface area contributed by atoms with Crippen LogP contribution in [0, 0.1) is 5.21 Å². The lowest BCUT2D eigenvalue weighted by atomic mass is 10.1. The van der Waals surface area contributed by atoms with Gasteiger partial charge in [0.05, 0.1) is 19.9 Å². The minimum Gasteiger partial charge on any atom is -0.619 e. The Balaban J connectivity index is 1.18. The number of piperazine rings is 1. The van der Waals surface area contributed by atoms with Gasteiger partial charge in [0.15, 0.2) is 23.9 Å². The minimum atomic E-state index is -0.0795. The van der Waals surface area contributed by atoms with Gasteiger partial charge in [-0.1, -0.05) is 6.07 Å². The maximum atomic E-state index is 13.3. The average molecular weight is 527 g/mol. The van der Waals surface area contributed by atoms with Crippen LogP contribution in [-0.4, -0.2) is 56.2 Å². The number of hydrogen-bond donors (Lipinski definition) is 0. The molecule has 2 aromatic heterocycles. The third-order valence-corrected chi connectivity index (χ3v) is 6.69. The van der Waals surface area contributed by atoms with E-state index in [4.69, 9.17) is 14.2 Å². The summed E-state index contributed by atoms with van der Waals surface area (Å²) in [5.74, 6) is 1.93. The summed E-state index contributed by atoms with van der Waals surface area (Å²) in [6.45, 7) is 3.05. The third-order valence-electron chi connectivity index (χ3n) is 6.69. The van der Waals surface area contributed by atoms with Crippen molar-refractivity contribution in [3.05, 3.63) is 102 Å². The third kappa shape index (κ3) is 6.04. The molecule has 1 fully saturated rings. The highest BCUT2D eigenvalue weighted by Gasteiger charge is 2.23. The summed E-state index contributed by atoms with van der Waals surface area (Å²) < 4.78 is 17.3. The summed E-state index contributed by atoms with van der Waals surface area (Å²) in [6, 6.07) is 22.5. The molecule has 0 bridgehead atoms. The number of anilines is 1. The van der Waals surface area contributed by atoms with Gasteiger partial charge in [-0.15, -0.1) is 0 Å². The molecule has 0 spiro atoms. The van der Waals surface area contributed by atoms with Crippen LogP contribution in [-0.2, 0) is 6.61 Å². The van der Waals surface area contributed by atoms with E-state index < -0.39 is 0 Å². The molecule has 1 aliphatic heterocycles. The van der Waals surface area contributed by atoms with Crippen LogP contribution in [0.4, 0.5) is 5.69 Å². The van der Waals surface area contributed by atoms with E-state index in [1.165, 1.54) is 12.4 Å². The van der Waals surface area contributed by atoms with Crippen LogP contribution in [0.5, 0.6) is 17.2 Å². The predicted octanol–water partition coefficient (Wildman–Crippen LogP) is 3.94. The highest BCUT2D eigenvalue weighted by molar-refractivity contribution is 5.93. The van der Waals surface area contributed by atoms with E-state index >= 15 is 0 Å². The topological polar surface area (TPSA) is 91.1 Å². The normalized spacial score (nSPS) is 13.2. The fraction of sp³-hybridized carbons (Fsp3) is 0.233. The summed E-state index contributed by atoms with van der Waals surface area (Å²) in [6.07, 6.45) is 2.91. The highest BCUT2D eigenvalue weighted by Crippen LogP contribution is 2.31. The average Bonchev–Trinajstić information content (AvgIpc) is 3.00. The van der Waals surface area contributed by atoms with Crippen molar-refractivity contribution in [1.29, 1.82) is 0 Å². The zero-order chi connectivity index (χ0) is 27.2. The number of aromatic nitrogens is 2. The zero-order valence-corrected chi connectivity index (χ0v) is 21.9. The molecule has 0 atom stereocenters. The monoisotopic (exact) mass is 526 g/mol. The second-order valence-electron chi connectivity index (χ2n) is 9.11. The number of pyridine rings is 2. The lowest BCUT2D eigenvalue weighted by Gasteiger charge is -2.36. The Hall–Kier alpha value is -4.79. The van der Waals surface area contributed by atoms with Gasteiger partial charge in [-0.2, -0.15) is 4.73 Å². The summed E-state index contributed by atoms with van der Waals surface area (Å²) >= 11 is 0. The van der Waals surface area contributed by atoms with E-state index in [0.717, 1.165) is 40.4 Å². The molecule has 0 N–H and O–H groups in total. The molecule has 3 heterocycles. The number of rotatable bonds is 8. The Labute approximate surface area is 227 Å². The van der Waals surface area contributed by atoms with Crippen molar-refractivity contribution >= 4 is 11.6 Å². The zero-order valence-electron chi connectivity index (χ0n) is 21.9. The summed E-state index contributed by atoms with van der Waals surface area (Å²) in [5, 5.41) is 11.2. The molecule has 1 aliphatic rings. The molecule has 5 rings (SSSR count). The van der Waals surface area contributed by atoms with Crippen molar-refractivity contribution in [3.63, 3.8) is 0 Å². The molecule has 2 aromatic carbocycles. The number of benzene rings is 2. The first kappa shape index (κ1) is 25.8. The van der Waals surface area contributed by atoms with Crippen LogP contribution in [0.2, 0.25) is 0 Å². The van der Waals surface area contributed by atoms with Crippen LogP contribution in [0.1, 0.15) is 16.1 Å². The van der Waals surface area contributed by atoms with Gasteiger partial charge in [0.2, 0.25) is 0 Å². The molecule has 0 aliphatic carbocycles. The first-order valence-corrected chi connectivity index (χ1v) is 12.7. The molecular weight excluding hydrogens is 496 g/mol. The Morgan fingerprint density at radius 1 is 0.897 bits per heavy atom. The van der Waals surface area contributed by atoms with Gasteiger partial charge in [-0.3, -0.25) is 4.79 Å². The van der Waals surface area contributed by atoms with Gasteiger partial charge in [-0.05, 0) is 54.6 Å². The quantitative estimate of drug-likeness (QED) is 0.254. The van der Waals surface area contributed by atoms with Crippen molar-refractivity contribution in [2.24, 2.45) is 0 Å². The lowest BCUT2D eigenvalue weighted by molar-refractivity contribution is -0.605. The predicted molar refractivity (Wildman–Crippen MR) is 147 cm³/mol. The first-order valence-electron chi connectivity index (χ1n) is 12.7. The van der Waals surface area contributed by atoms with Crippen LogP contribution < -0.4 is 23.8 Å². The number of carbonyl (C=O) groups excluding carboxylic acids is 1. The molecule has 4 aromatic rings. The van der Waals surface area contributed by atoms with Gasteiger partial charge < -0.3 is 29.2 Å². The van der Waals surface area contributed by atoms with E-state index in [9.17, 15) is 10.0 Å². The van der Waals surface area contributed by atoms with Gasteiger partial charge in [0.1, 0.15) is 18.1 Å². The number of hydrogen-bond acceptors (Lipinski definition) is 7. The Bertz CT molecular complexity index is 1420. The maximum absolute atomic E-state index is 13.3. The molecule has 9 heteroatoms. The number of nitrogens with zero attached hydrogens (tertiary/aromatic N) is 4. The molecule has 0 unspecified atom stereocenters. The van der Waals surface area contributed by atoms with Gasteiger partial charge in [0.25, 0.3) is 5.91 Å². The fourth-order valence-corrected chi connectivity index (χ4v) is 4.50. The van der Waals surface area contributed by atoms with E-state index in [2.05, 4.69) is 9.88 Å². The molecule has 9 nitrogen and oxygen atoms in total. The van der Waals surface area contributed by atoms with Crippen LogP contribution in [0.3, 0.4) is 0 Å². The second-order valence-corrected chi connectivity index (χ2v) is 9.11. The van der Waals surface area contributed by atoms with E-state index in [0.29, 0.717) is 42.6 Å². The van der Waals surface area contributed by atoms with Gasteiger partial charge in [0, 0.05) is 55.1 Å². The van der Waals surface area contributed by atoms with Crippen LogP contribution in [0.25, 0.3) is 11.3 Å². The molecular formula is C30H30N4O5. The summed E-state index contributed by atoms with van der Waals surface area (Å²) in [5.41, 5.74) is 3.97. The Morgan fingerprint density at radius 3 is 2.31 bits per heavy atom. The van der Waals surface area contributed by atoms with Gasteiger partial charge in [-0.25, -0.2) is 4.98 Å². The SMILES string of the molecule is COc1ccc(-c2cccc(C(=O)N3CCN(c4ccc(OCc5cc[n+]([O-])cc5)cc4)CC3)n2)cc1OC. The largest absolute Gasteiger partial charge is 0.619 e.